The molecule has 1 fully saturated rings. The van der Waals surface area contributed by atoms with Crippen LogP contribution in [0.25, 0.3) is 5.76 Å². The first kappa shape index (κ1) is 19.5. The molecule has 2 aromatic heterocycles. The molecular weight excluding hydrogens is 387 g/mol. The maximum absolute atomic E-state index is 13.3. The molecule has 7 nitrogen and oxygen atoms in total. The van der Waals surface area contributed by atoms with Crippen molar-refractivity contribution < 1.29 is 19.1 Å². The van der Waals surface area contributed by atoms with Gasteiger partial charge in [0.25, 0.3) is 11.7 Å². The van der Waals surface area contributed by atoms with E-state index in [0.717, 1.165) is 0 Å². The lowest BCUT2D eigenvalue weighted by molar-refractivity contribution is -0.140. The Morgan fingerprint density at radius 3 is 2.53 bits per heavy atom. The molecule has 3 heterocycles. The van der Waals surface area contributed by atoms with E-state index in [1.54, 1.807) is 36.9 Å². The second kappa shape index (κ2) is 8.28. The molecule has 152 valence electrons. The summed E-state index contributed by atoms with van der Waals surface area (Å²) in [5.41, 5.74) is 0.685. The Hall–Kier alpha value is -3.81. The Morgan fingerprint density at radius 1 is 1.07 bits per heavy atom. The first-order valence-electron chi connectivity index (χ1n) is 9.47. The SMILES string of the molecule is O=C1C(=O)N(CCCn2ccnc2)C(c2ccccn2)/C1=C(/O)c1ccc(F)cc1. The van der Waals surface area contributed by atoms with E-state index in [1.807, 2.05) is 10.8 Å². The number of aryl methyl sites for hydroxylation is 1. The van der Waals surface area contributed by atoms with Crippen molar-refractivity contribution in [2.75, 3.05) is 6.54 Å². The number of likely N-dealkylation sites (tertiary alicyclic amines) is 1. The van der Waals surface area contributed by atoms with Crippen LogP contribution in [-0.4, -0.2) is 42.8 Å². The van der Waals surface area contributed by atoms with E-state index in [-0.39, 0.29) is 16.9 Å². The Balaban J connectivity index is 1.71. The minimum absolute atomic E-state index is 0.0482. The van der Waals surface area contributed by atoms with Gasteiger partial charge in [-0.05, 0) is 42.8 Å². The lowest BCUT2D eigenvalue weighted by Gasteiger charge is -2.24. The number of halogens is 1. The van der Waals surface area contributed by atoms with Gasteiger partial charge >= 0.3 is 0 Å². The number of aliphatic hydroxyl groups is 1. The predicted octanol–water partition coefficient (Wildman–Crippen LogP) is 2.93. The highest BCUT2D eigenvalue weighted by Crippen LogP contribution is 2.38. The number of pyridine rings is 1. The highest BCUT2D eigenvalue weighted by atomic mass is 19.1. The molecule has 1 saturated heterocycles. The fourth-order valence-corrected chi connectivity index (χ4v) is 3.56. The molecule has 4 rings (SSSR count). The number of nitrogens with zero attached hydrogens (tertiary/aromatic N) is 4. The number of imidazole rings is 1. The summed E-state index contributed by atoms with van der Waals surface area (Å²) in [6, 6.07) is 9.48. The fraction of sp³-hybridized carbons (Fsp3) is 0.182. The van der Waals surface area contributed by atoms with Crippen LogP contribution in [0.4, 0.5) is 4.39 Å². The predicted molar refractivity (Wildman–Crippen MR) is 106 cm³/mol. The van der Waals surface area contributed by atoms with Crippen molar-refractivity contribution in [1.29, 1.82) is 0 Å². The second-order valence-corrected chi connectivity index (χ2v) is 6.91. The molecule has 0 spiro atoms. The monoisotopic (exact) mass is 406 g/mol. The Bertz CT molecular complexity index is 1080. The number of hydrogen-bond donors (Lipinski definition) is 1. The topological polar surface area (TPSA) is 88.3 Å². The average Bonchev–Trinajstić information content (AvgIpc) is 3.37. The maximum Gasteiger partial charge on any atom is 0.295 e. The van der Waals surface area contributed by atoms with Gasteiger partial charge in [-0.2, -0.15) is 0 Å². The van der Waals surface area contributed by atoms with E-state index in [4.69, 9.17) is 0 Å². The summed E-state index contributed by atoms with van der Waals surface area (Å²) in [6.07, 6.45) is 7.32. The molecular formula is C22H19FN4O3. The van der Waals surface area contributed by atoms with E-state index < -0.39 is 23.5 Å². The van der Waals surface area contributed by atoms with Crippen molar-refractivity contribution in [3.05, 3.63) is 90.0 Å². The van der Waals surface area contributed by atoms with Crippen LogP contribution in [0.5, 0.6) is 0 Å². The van der Waals surface area contributed by atoms with Gasteiger partial charge in [0.15, 0.2) is 0 Å². The maximum atomic E-state index is 13.3. The molecule has 3 aromatic rings. The summed E-state index contributed by atoms with van der Waals surface area (Å²) >= 11 is 0. The number of aromatic nitrogens is 3. The number of benzene rings is 1. The van der Waals surface area contributed by atoms with Crippen LogP contribution >= 0.6 is 0 Å². The molecule has 0 aliphatic carbocycles. The summed E-state index contributed by atoms with van der Waals surface area (Å²) in [4.78, 5) is 35.4. The summed E-state index contributed by atoms with van der Waals surface area (Å²) in [7, 11) is 0. The summed E-state index contributed by atoms with van der Waals surface area (Å²) in [6.45, 7) is 0.917. The number of Topliss-reactive ketones (excluding diaryl/α,β-unsaturated/α-hetero) is 1. The van der Waals surface area contributed by atoms with Crippen molar-refractivity contribution in [1.82, 2.24) is 19.4 Å². The van der Waals surface area contributed by atoms with Gasteiger partial charge in [0.2, 0.25) is 0 Å². The zero-order valence-electron chi connectivity index (χ0n) is 16.0. The zero-order valence-corrected chi connectivity index (χ0v) is 16.0. The number of carbonyl (C=O) groups is 2. The van der Waals surface area contributed by atoms with Gasteiger partial charge in [0.05, 0.1) is 17.6 Å². The van der Waals surface area contributed by atoms with Gasteiger partial charge in [-0.3, -0.25) is 14.6 Å². The highest BCUT2D eigenvalue weighted by molar-refractivity contribution is 6.46. The third-order valence-electron chi connectivity index (χ3n) is 5.00. The van der Waals surface area contributed by atoms with E-state index in [1.165, 1.54) is 29.2 Å². The summed E-state index contributed by atoms with van der Waals surface area (Å²) in [5, 5.41) is 10.8. The molecule has 0 saturated carbocycles. The summed E-state index contributed by atoms with van der Waals surface area (Å²) in [5.74, 6) is -2.29. The highest BCUT2D eigenvalue weighted by Gasteiger charge is 2.46. The fourth-order valence-electron chi connectivity index (χ4n) is 3.56. The van der Waals surface area contributed by atoms with Gasteiger partial charge in [0, 0.05) is 37.2 Å². The Morgan fingerprint density at radius 2 is 1.87 bits per heavy atom. The smallest absolute Gasteiger partial charge is 0.295 e. The van der Waals surface area contributed by atoms with E-state index in [2.05, 4.69) is 9.97 Å². The molecule has 1 aromatic carbocycles. The van der Waals surface area contributed by atoms with Gasteiger partial charge < -0.3 is 14.6 Å². The van der Waals surface area contributed by atoms with Crippen molar-refractivity contribution in [3.8, 4) is 0 Å². The Labute approximate surface area is 172 Å². The van der Waals surface area contributed by atoms with Crippen LogP contribution in [-0.2, 0) is 16.1 Å². The molecule has 0 bridgehead atoms. The largest absolute Gasteiger partial charge is 0.507 e. The molecule has 30 heavy (non-hydrogen) atoms. The molecule has 0 radical (unpaired) electrons. The van der Waals surface area contributed by atoms with Crippen LogP contribution in [0.1, 0.15) is 23.7 Å². The van der Waals surface area contributed by atoms with Gasteiger partial charge in [-0.15, -0.1) is 0 Å². The molecule has 1 amide bonds. The number of carbonyl (C=O) groups excluding carboxylic acids is 2. The minimum atomic E-state index is -0.820. The third-order valence-corrected chi connectivity index (χ3v) is 5.00. The standard InChI is InChI=1S/C22H19FN4O3/c23-16-7-5-15(6-8-16)20(28)18-19(17-4-1-2-9-25-17)27(22(30)21(18)29)12-3-11-26-13-10-24-14-26/h1-2,4-10,13-14,19,28H,3,11-12H2/b20-18-. The number of hydrogen-bond acceptors (Lipinski definition) is 5. The third kappa shape index (κ3) is 3.71. The molecule has 1 unspecified atom stereocenters. The van der Waals surface area contributed by atoms with Crippen molar-refractivity contribution >= 4 is 17.4 Å². The van der Waals surface area contributed by atoms with Crippen LogP contribution in [0.2, 0.25) is 0 Å². The van der Waals surface area contributed by atoms with Crippen LogP contribution in [0.15, 0.2) is 73.0 Å². The number of ketones is 1. The van der Waals surface area contributed by atoms with E-state index in [0.29, 0.717) is 25.2 Å². The van der Waals surface area contributed by atoms with Crippen LogP contribution in [0, 0.1) is 5.82 Å². The normalized spacial score (nSPS) is 18.2. The minimum Gasteiger partial charge on any atom is -0.507 e. The van der Waals surface area contributed by atoms with E-state index in [9.17, 15) is 19.1 Å². The second-order valence-electron chi connectivity index (χ2n) is 6.91. The van der Waals surface area contributed by atoms with Gasteiger partial charge in [-0.1, -0.05) is 6.07 Å². The lowest BCUT2D eigenvalue weighted by Crippen LogP contribution is -2.31. The number of aliphatic hydroxyl groups excluding tert-OH is 1. The van der Waals surface area contributed by atoms with Crippen LogP contribution in [0.3, 0.4) is 0 Å². The number of amides is 1. The Kier molecular flexibility index (Phi) is 5.38. The first-order valence-corrected chi connectivity index (χ1v) is 9.47. The first-order chi connectivity index (χ1) is 14.6. The van der Waals surface area contributed by atoms with Gasteiger partial charge in [0.1, 0.15) is 17.6 Å². The average molecular weight is 406 g/mol. The summed E-state index contributed by atoms with van der Waals surface area (Å²) < 4.78 is 15.2. The van der Waals surface area contributed by atoms with Crippen molar-refractivity contribution in [2.45, 2.75) is 19.0 Å². The molecule has 1 aliphatic rings. The molecule has 8 heteroatoms. The van der Waals surface area contributed by atoms with Crippen molar-refractivity contribution in [3.63, 3.8) is 0 Å². The number of rotatable bonds is 6. The molecule has 1 aliphatic heterocycles. The molecule has 1 N–H and O–H groups in total. The van der Waals surface area contributed by atoms with Crippen molar-refractivity contribution in [2.24, 2.45) is 0 Å². The van der Waals surface area contributed by atoms with Crippen LogP contribution < -0.4 is 0 Å². The van der Waals surface area contributed by atoms with Gasteiger partial charge in [-0.25, -0.2) is 9.37 Å². The lowest BCUT2D eigenvalue weighted by atomic mass is 9.98. The quantitative estimate of drug-likeness (QED) is 0.386. The van der Waals surface area contributed by atoms with E-state index >= 15 is 0 Å². The molecule has 1 atom stereocenters. The zero-order chi connectivity index (χ0) is 21.1.